The molecular weight excluding hydrogens is 300 g/mol. The molecular formula is C20H20N2O2. The predicted molar refractivity (Wildman–Crippen MR) is 94.4 cm³/mol. The smallest absolute Gasteiger partial charge is 0.312 e. The molecule has 0 aliphatic carbocycles. The maximum atomic E-state index is 11.8. The number of aromatic nitrogens is 2. The Morgan fingerprint density at radius 3 is 2.54 bits per heavy atom. The maximum absolute atomic E-state index is 11.8. The van der Waals surface area contributed by atoms with Crippen LogP contribution in [0.5, 0.6) is 5.88 Å². The minimum absolute atomic E-state index is 0.277. The van der Waals surface area contributed by atoms with Crippen LogP contribution in [0.3, 0.4) is 0 Å². The quantitative estimate of drug-likeness (QED) is 0.666. The fourth-order valence-corrected chi connectivity index (χ4v) is 2.51. The summed E-state index contributed by atoms with van der Waals surface area (Å²) < 4.78 is 7.21. The SMILES string of the molecule is CCC(=O)Oc1cc(-c2ccccc2)nn1-c1cccc(C)c1C. The largest absolute Gasteiger partial charge is 0.407 e. The Hall–Kier alpha value is -2.88. The van der Waals surface area contributed by atoms with E-state index in [0.29, 0.717) is 12.3 Å². The Morgan fingerprint density at radius 1 is 1.08 bits per heavy atom. The van der Waals surface area contributed by atoms with Crippen LogP contribution in [0.1, 0.15) is 24.5 Å². The zero-order valence-electron chi connectivity index (χ0n) is 14.1. The standard InChI is InChI=1S/C20H20N2O2/c1-4-20(23)24-19-13-17(16-10-6-5-7-11-16)21-22(19)18-12-8-9-14(2)15(18)3/h5-13H,4H2,1-3H3. The Kier molecular flexibility index (Phi) is 4.47. The van der Waals surface area contributed by atoms with E-state index in [0.717, 1.165) is 28.1 Å². The highest BCUT2D eigenvalue weighted by Gasteiger charge is 2.16. The van der Waals surface area contributed by atoms with Crippen LogP contribution in [-0.4, -0.2) is 15.7 Å². The van der Waals surface area contributed by atoms with Gasteiger partial charge in [0.15, 0.2) is 0 Å². The van der Waals surface area contributed by atoms with Crippen molar-refractivity contribution in [2.75, 3.05) is 0 Å². The molecule has 4 heteroatoms. The number of carbonyl (C=O) groups excluding carboxylic acids is 1. The molecule has 4 nitrogen and oxygen atoms in total. The first-order valence-corrected chi connectivity index (χ1v) is 8.03. The second kappa shape index (κ2) is 6.71. The van der Waals surface area contributed by atoms with Crippen molar-refractivity contribution in [1.29, 1.82) is 0 Å². The van der Waals surface area contributed by atoms with Gasteiger partial charge in [0.05, 0.1) is 11.4 Å². The summed E-state index contributed by atoms with van der Waals surface area (Å²) in [5.74, 6) is 0.162. The third-order valence-electron chi connectivity index (χ3n) is 4.06. The van der Waals surface area contributed by atoms with Crippen molar-refractivity contribution in [3.8, 4) is 22.8 Å². The van der Waals surface area contributed by atoms with Crippen molar-refractivity contribution < 1.29 is 9.53 Å². The van der Waals surface area contributed by atoms with Crippen LogP contribution in [0.2, 0.25) is 0 Å². The van der Waals surface area contributed by atoms with Gasteiger partial charge in [0, 0.05) is 18.1 Å². The molecule has 1 aromatic heterocycles. The molecule has 0 saturated heterocycles. The van der Waals surface area contributed by atoms with E-state index in [1.165, 1.54) is 0 Å². The molecule has 3 rings (SSSR count). The second-order valence-corrected chi connectivity index (χ2v) is 5.69. The van der Waals surface area contributed by atoms with Crippen molar-refractivity contribution in [2.24, 2.45) is 0 Å². The number of aryl methyl sites for hydroxylation is 1. The maximum Gasteiger partial charge on any atom is 0.312 e. The van der Waals surface area contributed by atoms with Gasteiger partial charge in [-0.1, -0.05) is 49.4 Å². The van der Waals surface area contributed by atoms with Gasteiger partial charge in [0.1, 0.15) is 0 Å². The summed E-state index contributed by atoms with van der Waals surface area (Å²) in [6.45, 7) is 5.87. The van der Waals surface area contributed by atoms with Crippen LogP contribution in [-0.2, 0) is 4.79 Å². The fourth-order valence-electron chi connectivity index (χ4n) is 2.51. The first-order valence-electron chi connectivity index (χ1n) is 8.03. The highest BCUT2D eigenvalue weighted by atomic mass is 16.5. The normalized spacial score (nSPS) is 10.6. The van der Waals surface area contributed by atoms with E-state index >= 15 is 0 Å². The molecule has 0 saturated carbocycles. The lowest BCUT2D eigenvalue weighted by Crippen LogP contribution is -2.10. The first-order chi connectivity index (χ1) is 11.6. The van der Waals surface area contributed by atoms with E-state index in [4.69, 9.17) is 4.74 Å². The minimum atomic E-state index is -0.277. The molecule has 0 bridgehead atoms. The molecule has 0 unspecified atom stereocenters. The lowest BCUT2D eigenvalue weighted by atomic mass is 10.1. The molecule has 0 N–H and O–H groups in total. The van der Waals surface area contributed by atoms with Crippen molar-refractivity contribution >= 4 is 5.97 Å². The summed E-state index contributed by atoms with van der Waals surface area (Å²) in [5, 5.41) is 4.68. The summed E-state index contributed by atoms with van der Waals surface area (Å²) in [6.07, 6.45) is 0.318. The highest BCUT2D eigenvalue weighted by molar-refractivity contribution is 5.72. The molecule has 0 amide bonds. The molecule has 0 spiro atoms. The number of benzene rings is 2. The molecule has 1 heterocycles. The molecule has 0 radical (unpaired) electrons. The first kappa shape index (κ1) is 16.0. The molecule has 0 aliphatic rings. The van der Waals surface area contributed by atoms with Gasteiger partial charge in [-0.3, -0.25) is 4.79 Å². The van der Waals surface area contributed by atoms with Gasteiger partial charge < -0.3 is 4.74 Å². The van der Waals surface area contributed by atoms with Crippen molar-refractivity contribution in [3.05, 3.63) is 65.7 Å². The summed E-state index contributed by atoms with van der Waals surface area (Å²) in [7, 11) is 0. The third-order valence-corrected chi connectivity index (χ3v) is 4.06. The number of nitrogens with zero attached hydrogens (tertiary/aromatic N) is 2. The molecule has 24 heavy (non-hydrogen) atoms. The number of esters is 1. The van der Waals surface area contributed by atoms with Gasteiger partial charge in [0.25, 0.3) is 0 Å². The molecule has 3 aromatic rings. The molecule has 0 fully saturated rings. The fraction of sp³-hybridized carbons (Fsp3) is 0.200. The van der Waals surface area contributed by atoms with Gasteiger partial charge in [-0.2, -0.15) is 9.78 Å². The Labute approximate surface area is 141 Å². The van der Waals surface area contributed by atoms with E-state index in [1.54, 1.807) is 11.6 Å². The van der Waals surface area contributed by atoms with Crippen LogP contribution in [0.25, 0.3) is 16.9 Å². The van der Waals surface area contributed by atoms with E-state index in [2.05, 4.69) is 18.1 Å². The summed E-state index contributed by atoms with van der Waals surface area (Å²) in [5.41, 5.74) is 4.94. The van der Waals surface area contributed by atoms with Crippen LogP contribution in [0, 0.1) is 13.8 Å². The number of hydrogen-bond donors (Lipinski definition) is 0. The summed E-state index contributed by atoms with van der Waals surface area (Å²) in [4.78, 5) is 11.8. The van der Waals surface area contributed by atoms with Crippen molar-refractivity contribution in [1.82, 2.24) is 9.78 Å². The van der Waals surface area contributed by atoms with Gasteiger partial charge in [-0.25, -0.2) is 0 Å². The lowest BCUT2D eigenvalue weighted by molar-refractivity contribution is -0.134. The zero-order chi connectivity index (χ0) is 17.1. The summed E-state index contributed by atoms with van der Waals surface area (Å²) >= 11 is 0. The van der Waals surface area contributed by atoms with Gasteiger partial charge >= 0.3 is 5.97 Å². The molecule has 0 aliphatic heterocycles. The van der Waals surface area contributed by atoms with Crippen LogP contribution < -0.4 is 4.74 Å². The molecule has 122 valence electrons. The van der Waals surface area contributed by atoms with Crippen LogP contribution in [0.4, 0.5) is 0 Å². The Morgan fingerprint density at radius 2 is 1.83 bits per heavy atom. The molecule has 0 atom stereocenters. The van der Waals surface area contributed by atoms with Crippen LogP contribution in [0.15, 0.2) is 54.6 Å². The topological polar surface area (TPSA) is 44.1 Å². The van der Waals surface area contributed by atoms with Crippen molar-refractivity contribution in [2.45, 2.75) is 27.2 Å². The number of carbonyl (C=O) groups is 1. The Balaban J connectivity index is 2.14. The number of hydrogen-bond acceptors (Lipinski definition) is 3. The number of rotatable bonds is 4. The van der Waals surface area contributed by atoms with Crippen LogP contribution >= 0.6 is 0 Å². The Bertz CT molecular complexity index is 867. The van der Waals surface area contributed by atoms with Gasteiger partial charge in [-0.15, -0.1) is 0 Å². The predicted octanol–water partition coefficient (Wildman–Crippen LogP) is 4.47. The monoisotopic (exact) mass is 320 g/mol. The lowest BCUT2D eigenvalue weighted by Gasteiger charge is -2.11. The van der Waals surface area contributed by atoms with E-state index in [-0.39, 0.29) is 5.97 Å². The highest BCUT2D eigenvalue weighted by Crippen LogP contribution is 2.28. The third kappa shape index (κ3) is 3.08. The zero-order valence-corrected chi connectivity index (χ0v) is 14.1. The number of ether oxygens (including phenoxy) is 1. The minimum Gasteiger partial charge on any atom is -0.407 e. The average Bonchev–Trinajstić information content (AvgIpc) is 3.01. The van der Waals surface area contributed by atoms with E-state index < -0.39 is 0 Å². The van der Waals surface area contributed by atoms with Crippen molar-refractivity contribution in [3.63, 3.8) is 0 Å². The average molecular weight is 320 g/mol. The van der Waals surface area contributed by atoms with Gasteiger partial charge in [-0.05, 0) is 31.0 Å². The molecule has 2 aromatic carbocycles. The van der Waals surface area contributed by atoms with Gasteiger partial charge in [0.2, 0.25) is 5.88 Å². The van der Waals surface area contributed by atoms with E-state index in [1.807, 2.05) is 55.5 Å². The second-order valence-electron chi connectivity index (χ2n) is 5.69. The van der Waals surface area contributed by atoms with E-state index in [9.17, 15) is 4.79 Å². The summed E-state index contributed by atoms with van der Waals surface area (Å²) in [6, 6.07) is 17.7.